The Labute approximate surface area is 77.5 Å². The molecule has 0 spiro atoms. The molecule has 2 saturated heterocycles. The highest BCUT2D eigenvalue weighted by Gasteiger charge is 2.54. The van der Waals surface area contributed by atoms with Crippen LogP contribution < -0.4 is 16.0 Å². The first-order chi connectivity index (χ1) is 6.36. The molecule has 2 heterocycles. The molecule has 0 aromatic heterocycles. The third-order valence-electron chi connectivity index (χ3n) is 3.54. The standard InChI is InChI=1S/C9H15N3O/c13-9(7-1-2-11-7)12-8-5-3-10-4-6(5)8/h5-8,10-11H,1-4H2,(H,12,13)/t5?,6?,7-,8?/m1/s1. The molecule has 2 aliphatic heterocycles. The smallest absolute Gasteiger partial charge is 0.237 e. The highest BCUT2D eigenvalue weighted by molar-refractivity contribution is 5.83. The quantitative estimate of drug-likeness (QED) is 0.495. The summed E-state index contributed by atoms with van der Waals surface area (Å²) in [6, 6.07) is 0.588. The van der Waals surface area contributed by atoms with Crippen molar-refractivity contribution >= 4 is 5.91 Å². The molecule has 0 aromatic rings. The lowest BCUT2D eigenvalue weighted by molar-refractivity contribution is -0.125. The number of carbonyl (C=O) groups is 1. The van der Waals surface area contributed by atoms with Crippen molar-refractivity contribution in [3.8, 4) is 0 Å². The largest absolute Gasteiger partial charge is 0.351 e. The Balaban J connectivity index is 1.50. The van der Waals surface area contributed by atoms with Crippen LogP contribution >= 0.6 is 0 Å². The van der Waals surface area contributed by atoms with Gasteiger partial charge in [-0.2, -0.15) is 0 Å². The monoisotopic (exact) mass is 181 g/mol. The van der Waals surface area contributed by atoms with Crippen LogP contribution in [0.4, 0.5) is 0 Å². The first kappa shape index (κ1) is 7.76. The number of piperidine rings is 1. The average molecular weight is 181 g/mol. The summed E-state index contributed by atoms with van der Waals surface area (Å²) in [5.74, 6) is 1.67. The van der Waals surface area contributed by atoms with E-state index in [0.717, 1.165) is 37.9 Å². The molecule has 3 aliphatic rings. The van der Waals surface area contributed by atoms with E-state index in [0.29, 0.717) is 6.04 Å². The molecule has 1 saturated carbocycles. The van der Waals surface area contributed by atoms with Gasteiger partial charge in [-0.25, -0.2) is 0 Å². The molecule has 3 N–H and O–H groups in total. The van der Waals surface area contributed by atoms with Gasteiger partial charge in [-0.3, -0.25) is 4.79 Å². The van der Waals surface area contributed by atoms with Gasteiger partial charge in [0.15, 0.2) is 0 Å². The number of rotatable bonds is 2. The van der Waals surface area contributed by atoms with Crippen molar-refractivity contribution in [1.29, 1.82) is 0 Å². The zero-order chi connectivity index (χ0) is 8.84. The van der Waals surface area contributed by atoms with Crippen LogP contribution in [0, 0.1) is 11.8 Å². The minimum atomic E-state index is 0.106. The predicted octanol–water partition coefficient (Wildman–Crippen LogP) is -1.32. The van der Waals surface area contributed by atoms with Crippen LogP contribution in [0.2, 0.25) is 0 Å². The van der Waals surface area contributed by atoms with Crippen molar-refractivity contribution < 1.29 is 4.79 Å². The summed E-state index contributed by atoms with van der Waals surface area (Å²) >= 11 is 0. The number of carbonyl (C=O) groups excluding carboxylic acids is 1. The summed E-state index contributed by atoms with van der Waals surface area (Å²) in [5, 5.41) is 9.55. The van der Waals surface area contributed by atoms with Crippen molar-refractivity contribution in [2.24, 2.45) is 11.8 Å². The van der Waals surface area contributed by atoms with Crippen molar-refractivity contribution in [3.05, 3.63) is 0 Å². The second kappa shape index (κ2) is 2.69. The third-order valence-corrected chi connectivity index (χ3v) is 3.54. The second-order valence-electron chi connectivity index (χ2n) is 4.32. The number of hydrogen-bond donors (Lipinski definition) is 3. The van der Waals surface area contributed by atoms with E-state index in [9.17, 15) is 4.79 Å². The lowest BCUT2D eigenvalue weighted by Gasteiger charge is -2.26. The molecule has 2 unspecified atom stereocenters. The summed E-state index contributed by atoms with van der Waals surface area (Å²) in [6.45, 7) is 3.18. The van der Waals surface area contributed by atoms with Crippen LogP contribution in [-0.2, 0) is 4.79 Å². The molecule has 3 fully saturated rings. The molecule has 0 bridgehead atoms. The fraction of sp³-hybridized carbons (Fsp3) is 0.889. The second-order valence-corrected chi connectivity index (χ2v) is 4.32. The Morgan fingerprint density at radius 1 is 1.31 bits per heavy atom. The summed E-state index contributed by atoms with van der Waals surface area (Å²) in [6.07, 6.45) is 1.01. The molecular weight excluding hydrogens is 166 g/mol. The molecule has 4 heteroatoms. The normalized spacial score (nSPS) is 46.5. The average Bonchev–Trinajstić information content (AvgIpc) is 2.50. The van der Waals surface area contributed by atoms with Gasteiger partial charge in [0, 0.05) is 19.1 Å². The van der Waals surface area contributed by atoms with Gasteiger partial charge in [0.05, 0.1) is 6.04 Å². The highest BCUT2D eigenvalue weighted by Crippen LogP contribution is 2.41. The van der Waals surface area contributed by atoms with E-state index in [1.807, 2.05) is 0 Å². The fourth-order valence-corrected chi connectivity index (χ4v) is 2.41. The summed E-state index contributed by atoms with van der Waals surface area (Å²) in [4.78, 5) is 11.5. The van der Waals surface area contributed by atoms with Gasteiger partial charge in [0.1, 0.15) is 0 Å². The van der Waals surface area contributed by atoms with E-state index in [1.165, 1.54) is 0 Å². The van der Waals surface area contributed by atoms with Crippen LogP contribution in [0.1, 0.15) is 6.42 Å². The van der Waals surface area contributed by atoms with Crippen LogP contribution in [0.5, 0.6) is 0 Å². The number of amides is 1. The molecule has 1 aliphatic carbocycles. The van der Waals surface area contributed by atoms with Crippen LogP contribution in [-0.4, -0.2) is 37.6 Å². The molecule has 72 valence electrons. The van der Waals surface area contributed by atoms with Crippen molar-refractivity contribution in [2.75, 3.05) is 19.6 Å². The first-order valence-electron chi connectivity index (χ1n) is 5.11. The van der Waals surface area contributed by atoms with Gasteiger partial charge in [0.25, 0.3) is 0 Å². The minimum Gasteiger partial charge on any atom is -0.351 e. The highest BCUT2D eigenvalue weighted by atomic mass is 16.2. The van der Waals surface area contributed by atoms with Gasteiger partial charge in [-0.15, -0.1) is 0 Å². The summed E-state index contributed by atoms with van der Waals surface area (Å²) in [5.41, 5.74) is 0. The Morgan fingerprint density at radius 3 is 2.54 bits per heavy atom. The van der Waals surface area contributed by atoms with E-state index in [1.54, 1.807) is 0 Å². The van der Waals surface area contributed by atoms with E-state index in [2.05, 4.69) is 16.0 Å². The lowest BCUT2D eigenvalue weighted by atomic mass is 10.1. The maximum absolute atomic E-state index is 11.5. The zero-order valence-electron chi connectivity index (χ0n) is 7.55. The van der Waals surface area contributed by atoms with Gasteiger partial charge in [0.2, 0.25) is 5.91 Å². The van der Waals surface area contributed by atoms with E-state index in [-0.39, 0.29) is 11.9 Å². The Hall–Kier alpha value is -0.610. The number of hydrogen-bond acceptors (Lipinski definition) is 3. The lowest BCUT2D eigenvalue weighted by Crippen LogP contribution is -2.54. The zero-order valence-corrected chi connectivity index (χ0v) is 7.55. The molecule has 4 nitrogen and oxygen atoms in total. The molecule has 3 rings (SSSR count). The Bertz CT molecular complexity index is 229. The third kappa shape index (κ3) is 1.16. The van der Waals surface area contributed by atoms with Gasteiger partial charge in [-0.05, 0) is 24.8 Å². The van der Waals surface area contributed by atoms with Crippen molar-refractivity contribution in [2.45, 2.75) is 18.5 Å². The molecule has 1 amide bonds. The minimum absolute atomic E-state index is 0.106. The maximum Gasteiger partial charge on any atom is 0.237 e. The van der Waals surface area contributed by atoms with Gasteiger partial charge < -0.3 is 16.0 Å². The van der Waals surface area contributed by atoms with Gasteiger partial charge >= 0.3 is 0 Å². The molecular formula is C9H15N3O. The fourth-order valence-electron chi connectivity index (χ4n) is 2.41. The van der Waals surface area contributed by atoms with E-state index in [4.69, 9.17) is 0 Å². The predicted molar refractivity (Wildman–Crippen MR) is 48.2 cm³/mol. The molecule has 13 heavy (non-hydrogen) atoms. The van der Waals surface area contributed by atoms with Crippen molar-refractivity contribution in [1.82, 2.24) is 16.0 Å². The topological polar surface area (TPSA) is 53.2 Å². The molecule has 0 aromatic carbocycles. The van der Waals surface area contributed by atoms with Crippen LogP contribution in [0.25, 0.3) is 0 Å². The summed E-state index contributed by atoms with van der Waals surface area (Å²) < 4.78 is 0. The van der Waals surface area contributed by atoms with E-state index >= 15 is 0 Å². The SMILES string of the molecule is O=C(NC1C2CNCC21)[C@H]1CCN1. The molecule has 3 atom stereocenters. The Kier molecular flexibility index (Phi) is 1.60. The number of nitrogens with one attached hydrogen (secondary N) is 3. The first-order valence-corrected chi connectivity index (χ1v) is 5.11. The van der Waals surface area contributed by atoms with Crippen LogP contribution in [0.15, 0.2) is 0 Å². The van der Waals surface area contributed by atoms with Crippen molar-refractivity contribution in [3.63, 3.8) is 0 Å². The maximum atomic E-state index is 11.5. The Morgan fingerprint density at radius 2 is 2.00 bits per heavy atom. The molecule has 0 radical (unpaired) electrons. The summed E-state index contributed by atoms with van der Waals surface area (Å²) in [7, 11) is 0. The van der Waals surface area contributed by atoms with E-state index < -0.39 is 0 Å². The van der Waals surface area contributed by atoms with Crippen LogP contribution in [0.3, 0.4) is 0 Å². The van der Waals surface area contributed by atoms with Gasteiger partial charge in [-0.1, -0.05) is 0 Å². The number of fused-ring (bicyclic) bond motifs is 1.